The largest absolute Gasteiger partial charge is 0.416 e. The predicted molar refractivity (Wildman–Crippen MR) is 99.3 cm³/mol. The van der Waals surface area contributed by atoms with Crippen LogP contribution in [0.5, 0.6) is 0 Å². The fraction of sp³-hybridized carbons (Fsp3) is 0.381. The molecule has 6 heteroatoms. The van der Waals surface area contributed by atoms with Gasteiger partial charge in [0.05, 0.1) is 17.6 Å². The highest BCUT2D eigenvalue weighted by Crippen LogP contribution is 2.33. The van der Waals surface area contributed by atoms with Crippen LogP contribution in [0.25, 0.3) is 0 Å². The van der Waals surface area contributed by atoms with E-state index in [4.69, 9.17) is 0 Å². The van der Waals surface area contributed by atoms with Crippen LogP contribution in [-0.4, -0.2) is 18.1 Å². The first-order valence-electron chi connectivity index (χ1n) is 8.93. The van der Waals surface area contributed by atoms with Crippen molar-refractivity contribution in [1.82, 2.24) is 0 Å². The number of benzene rings is 2. The average Bonchev–Trinajstić information content (AvgIpc) is 2.67. The van der Waals surface area contributed by atoms with Gasteiger partial charge in [0, 0.05) is 12.7 Å². The number of alkyl halides is 3. The summed E-state index contributed by atoms with van der Waals surface area (Å²) in [6.45, 7) is 1.98. The topological polar surface area (TPSA) is 40.5 Å². The smallest absolute Gasteiger partial charge is 0.388 e. The number of aliphatic hydroxyl groups is 1. The molecule has 2 atom stereocenters. The van der Waals surface area contributed by atoms with Crippen molar-refractivity contribution in [1.29, 1.82) is 0 Å². The van der Waals surface area contributed by atoms with Crippen molar-refractivity contribution in [3.8, 4) is 0 Å². The van der Waals surface area contributed by atoms with Gasteiger partial charge in [0.2, 0.25) is 5.91 Å². The van der Waals surface area contributed by atoms with Crippen LogP contribution in [0.1, 0.15) is 43.4 Å². The molecule has 2 aromatic rings. The van der Waals surface area contributed by atoms with Crippen LogP contribution in [0.3, 0.4) is 0 Å². The van der Waals surface area contributed by atoms with Crippen LogP contribution >= 0.6 is 0 Å². The Morgan fingerprint density at radius 2 is 1.67 bits per heavy atom. The van der Waals surface area contributed by atoms with E-state index in [0.717, 1.165) is 25.0 Å². The van der Waals surface area contributed by atoms with Gasteiger partial charge in [-0.3, -0.25) is 4.79 Å². The molecule has 0 saturated carbocycles. The summed E-state index contributed by atoms with van der Waals surface area (Å²) in [7, 11) is 1.64. The molecule has 146 valence electrons. The molecule has 27 heavy (non-hydrogen) atoms. The third-order valence-corrected chi connectivity index (χ3v) is 4.62. The van der Waals surface area contributed by atoms with Gasteiger partial charge in [-0.1, -0.05) is 50.1 Å². The van der Waals surface area contributed by atoms with Crippen molar-refractivity contribution >= 4 is 11.6 Å². The van der Waals surface area contributed by atoms with Crippen molar-refractivity contribution in [2.75, 3.05) is 11.9 Å². The Morgan fingerprint density at radius 3 is 2.19 bits per heavy atom. The van der Waals surface area contributed by atoms with E-state index >= 15 is 0 Å². The molecular weight excluding hydrogens is 355 g/mol. The van der Waals surface area contributed by atoms with E-state index in [2.05, 4.69) is 0 Å². The Bertz CT molecular complexity index is 729. The number of hydrogen-bond donors (Lipinski definition) is 1. The molecule has 3 nitrogen and oxygen atoms in total. The molecule has 2 aromatic carbocycles. The Kier molecular flexibility index (Phi) is 7.02. The number of amides is 1. The fourth-order valence-corrected chi connectivity index (χ4v) is 2.97. The first kappa shape index (κ1) is 21.0. The van der Waals surface area contributed by atoms with Gasteiger partial charge < -0.3 is 10.0 Å². The lowest BCUT2D eigenvalue weighted by molar-refractivity contribution is -0.137. The highest BCUT2D eigenvalue weighted by Gasteiger charge is 2.33. The summed E-state index contributed by atoms with van der Waals surface area (Å²) in [5.41, 5.74) is 0.221. The van der Waals surface area contributed by atoms with E-state index < -0.39 is 23.8 Å². The fourth-order valence-electron chi connectivity index (χ4n) is 2.97. The Hall–Kier alpha value is -2.34. The van der Waals surface area contributed by atoms with E-state index in [1.54, 1.807) is 19.2 Å². The molecule has 0 bridgehead atoms. The molecule has 2 rings (SSSR count). The van der Waals surface area contributed by atoms with E-state index in [-0.39, 0.29) is 5.91 Å². The van der Waals surface area contributed by atoms with Crippen molar-refractivity contribution in [3.63, 3.8) is 0 Å². The molecule has 0 spiro atoms. The monoisotopic (exact) mass is 379 g/mol. The van der Waals surface area contributed by atoms with Crippen molar-refractivity contribution in [2.45, 2.75) is 38.5 Å². The number of rotatable bonds is 7. The lowest BCUT2D eigenvalue weighted by atomic mass is 9.89. The van der Waals surface area contributed by atoms with Crippen LogP contribution in [0.2, 0.25) is 0 Å². The van der Waals surface area contributed by atoms with Crippen molar-refractivity contribution in [2.24, 2.45) is 5.92 Å². The maximum absolute atomic E-state index is 13.0. The molecule has 0 aliphatic carbocycles. The van der Waals surface area contributed by atoms with Gasteiger partial charge in [0.1, 0.15) is 0 Å². The zero-order valence-corrected chi connectivity index (χ0v) is 15.4. The van der Waals surface area contributed by atoms with Gasteiger partial charge in [-0.2, -0.15) is 13.2 Å². The van der Waals surface area contributed by atoms with E-state index in [1.165, 1.54) is 17.0 Å². The minimum Gasteiger partial charge on any atom is -0.388 e. The van der Waals surface area contributed by atoms with Gasteiger partial charge in [-0.05, 0) is 36.2 Å². The molecule has 0 aliphatic heterocycles. The lowest BCUT2D eigenvalue weighted by Gasteiger charge is -2.28. The summed E-state index contributed by atoms with van der Waals surface area (Å²) >= 11 is 0. The van der Waals surface area contributed by atoms with Crippen molar-refractivity contribution in [3.05, 3.63) is 65.7 Å². The summed E-state index contributed by atoms with van der Waals surface area (Å²) in [6, 6.07) is 13.4. The molecule has 1 amide bonds. The zero-order chi connectivity index (χ0) is 20.0. The third-order valence-electron chi connectivity index (χ3n) is 4.62. The first-order valence-corrected chi connectivity index (χ1v) is 8.93. The molecule has 0 aromatic heterocycles. The second kappa shape index (κ2) is 9.04. The van der Waals surface area contributed by atoms with Crippen LogP contribution in [0.4, 0.5) is 18.9 Å². The van der Waals surface area contributed by atoms with Crippen LogP contribution in [0.15, 0.2) is 54.6 Å². The van der Waals surface area contributed by atoms with E-state index in [9.17, 15) is 23.1 Å². The standard InChI is InChI=1S/C21H24F3NO2/c1-3-4-10-18(20(27)25(2)17-8-6-5-7-9-17)19(26)15-11-13-16(14-12-15)21(22,23)24/h5-9,11-14,18-19,26H,3-4,10H2,1-2H3/t18-,19-/m1/s1. The van der Waals surface area contributed by atoms with Gasteiger partial charge in [0.15, 0.2) is 0 Å². The summed E-state index contributed by atoms with van der Waals surface area (Å²) in [6.07, 6.45) is -3.57. The normalized spacial score (nSPS) is 13.9. The Morgan fingerprint density at radius 1 is 1.07 bits per heavy atom. The number of para-hydroxylation sites is 1. The minimum atomic E-state index is -4.44. The Labute approximate surface area is 157 Å². The van der Waals surface area contributed by atoms with Crippen LogP contribution < -0.4 is 4.90 Å². The molecule has 0 aliphatic rings. The lowest BCUT2D eigenvalue weighted by Crippen LogP contribution is -2.36. The number of hydrogen-bond acceptors (Lipinski definition) is 2. The molecule has 0 heterocycles. The zero-order valence-electron chi connectivity index (χ0n) is 15.4. The highest BCUT2D eigenvalue weighted by molar-refractivity contribution is 5.94. The van der Waals surface area contributed by atoms with Gasteiger partial charge in [0.25, 0.3) is 0 Å². The summed E-state index contributed by atoms with van der Waals surface area (Å²) in [4.78, 5) is 14.5. The van der Waals surface area contributed by atoms with E-state index in [0.29, 0.717) is 17.7 Å². The van der Waals surface area contributed by atoms with Crippen LogP contribution in [-0.2, 0) is 11.0 Å². The van der Waals surface area contributed by atoms with Crippen LogP contribution in [0, 0.1) is 5.92 Å². The molecule has 1 N–H and O–H groups in total. The van der Waals surface area contributed by atoms with Gasteiger partial charge >= 0.3 is 6.18 Å². The average molecular weight is 379 g/mol. The minimum absolute atomic E-state index is 0.262. The number of anilines is 1. The van der Waals surface area contributed by atoms with Gasteiger partial charge in [-0.15, -0.1) is 0 Å². The third kappa shape index (κ3) is 5.32. The van der Waals surface area contributed by atoms with Gasteiger partial charge in [-0.25, -0.2) is 0 Å². The number of carbonyl (C=O) groups is 1. The molecule has 0 radical (unpaired) electrons. The number of halogens is 3. The Balaban J connectivity index is 2.25. The molecular formula is C21H24F3NO2. The molecule has 0 saturated heterocycles. The predicted octanol–water partition coefficient (Wildman–Crippen LogP) is 5.21. The SMILES string of the molecule is CCCC[C@@H](C(=O)N(C)c1ccccc1)[C@H](O)c1ccc(C(F)(F)F)cc1. The number of carbonyl (C=O) groups excluding carboxylic acids is 1. The first-order chi connectivity index (χ1) is 12.8. The summed E-state index contributed by atoms with van der Waals surface area (Å²) < 4.78 is 38.2. The number of unbranched alkanes of at least 4 members (excludes halogenated alkanes) is 1. The summed E-state index contributed by atoms with van der Waals surface area (Å²) in [5, 5.41) is 10.7. The number of aliphatic hydroxyl groups excluding tert-OH is 1. The van der Waals surface area contributed by atoms with Crippen molar-refractivity contribution < 1.29 is 23.1 Å². The number of nitrogens with zero attached hydrogens (tertiary/aromatic N) is 1. The molecule has 0 fully saturated rings. The second-order valence-electron chi connectivity index (χ2n) is 6.55. The van der Waals surface area contributed by atoms with E-state index in [1.807, 2.05) is 25.1 Å². The second-order valence-corrected chi connectivity index (χ2v) is 6.55. The molecule has 0 unspecified atom stereocenters. The maximum atomic E-state index is 13.0. The highest BCUT2D eigenvalue weighted by atomic mass is 19.4. The quantitative estimate of drug-likeness (QED) is 0.718. The summed E-state index contributed by atoms with van der Waals surface area (Å²) in [5.74, 6) is -0.992. The maximum Gasteiger partial charge on any atom is 0.416 e.